The van der Waals surface area contributed by atoms with Gasteiger partial charge in [-0.1, -0.05) is 24.9 Å². The Morgan fingerprint density at radius 3 is 2.87 bits per heavy atom. The molecule has 0 aliphatic heterocycles. The SMILES string of the molecule is Cc1nc(C(N)C2CCCC(C)C2)no1. The summed E-state index contributed by atoms with van der Waals surface area (Å²) >= 11 is 0. The molecule has 0 bridgehead atoms. The Balaban J connectivity index is 2.03. The number of hydrogen-bond acceptors (Lipinski definition) is 4. The van der Waals surface area contributed by atoms with Crippen molar-refractivity contribution in [3.8, 4) is 0 Å². The van der Waals surface area contributed by atoms with Gasteiger partial charge in [-0.05, 0) is 24.7 Å². The number of aromatic nitrogens is 2. The largest absolute Gasteiger partial charge is 0.340 e. The van der Waals surface area contributed by atoms with Crippen molar-refractivity contribution in [2.45, 2.75) is 45.6 Å². The normalized spacial score (nSPS) is 29.0. The lowest BCUT2D eigenvalue weighted by Gasteiger charge is -2.29. The smallest absolute Gasteiger partial charge is 0.223 e. The van der Waals surface area contributed by atoms with Gasteiger partial charge >= 0.3 is 0 Å². The number of aryl methyl sites for hydroxylation is 1. The van der Waals surface area contributed by atoms with Crippen LogP contribution in [0.15, 0.2) is 4.52 Å². The lowest BCUT2D eigenvalue weighted by molar-refractivity contribution is 0.240. The Hall–Kier alpha value is -0.900. The van der Waals surface area contributed by atoms with E-state index < -0.39 is 0 Å². The summed E-state index contributed by atoms with van der Waals surface area (Å²) in [4.78, 5) is 4.21. The highest BCUT2D eigenvalue weighted by atomic mass is 16.5. The fraction of sp³-hybridized carbons (Fsp3) is 0.818. The first-order valence-electron chi connectivity index (χ1n) is 5.72. The highest BCUT2D eigenvalue weighted by Crippen LogP contribution is 2.34. The Labute approximate surface area is 90.2 Å². The van der Waals surface area contributed by atoms with Gasteiger partial charge in [-0.3, -0.25) is 0 Å². The zero-order valence-electron chi connectivity index (χ0n) is 9.44. The molecule has 0 aromatic carbocycles. The number of nitrogens with two attached hydrogens (primary N) is 1. The maximum Gasteiger partial charge on any atom is 0.223 e. The van der Waals surface area contributed by atoms with E-state index in [1.165, 1.54) is 25.7 Å². The van der Waals surface area contributed by atoms with Gasteiger partial charge in [0.05, 0.1) is 6.04 Å². The maximum atomic E-state index is 6.16. The minimum atomic E-state index is -0.0507. The molecule has 3 atom stereocenters. The van der Waals surface area contributed by atoms with E-state index in [9.17, 15) is 0 Å². The van der Waals surface area contributed by atoms with E-state index >= 15 is 0 Å². The van der Waals surface area contributed by atoms with E-state index in [-0.39, 0.29) is 6.04 Å². The van der Waals surface area contributed by atoms with Crippen LogP contribution in [0, 0.1) is 18.8 Å². The minimum Gasteiger partial charge on any atom is -0.340 e. The quantitative estimate of drug-likeness (QED) is 0.811. The average molecular weight is 209 g/mol. The van der Waals surface area contributed by atoms with E-state index in [4.69, 9.17) is 10.3 Å². The molecule has 2 N–H and O–H groups in total. The summed E-state index contributed by atoms with van der Waals surface area (Å²) in [6.45, 7) is 4.09. The van der Waals surface area contributed by atoms with Gasteiger partial charge < -0.3 is 10.3 Å². The zero-order valence-corrected chi connectivity index (χ0v) is 9.44. The molecule has 0 spiro atoms. The number of hydrogen-bond donors (Lipinski definition) is 1. The minimum absolute atomic E-state index is 0.0507. The molecule has 1 aromatic heterocycles. The second-order valence-electron chi connectivity index (χ2n) is 4.73. The predicted octanol–water partition coefficient (Wildman–Crippen LogP) is 2.20. The van der Waals surface area contributed by atoms with Crippen LogP contribution < -0.4 is 5.73 Å². The van der Waals surface area contributed by atoms with Crippen LogP contribution >= 0.6 is 0 Å². The van der Waals surface area contributed by atoms with Crippen molar-refractivity contribution in [1.29, 1.82) is 0 Å². The molecular weight excluding hydrogens is 190 g/mol. The second kappa shape index (κ2) is 4.31. The van der Waals surface area contributed by atoms with E-state index in [1.54, 1.807) is 6.92 Å². The summed E-state index contributed by atoms with van der Waals surface area (Å²) < 4.78 is 4.96. The van der Waals surface area contributed by atoms with Gasteiger partial charge in [-0.25, -0.2) is 0 Å². The Morgan fingerprint density at radius 2 is 2.27 bits per heavy atom. The summed E-state index contributed by atoms with van der Waals surface area (Å²) in [5.41, 5.74) is 6.16. The fourth-order valence-corrected chi connectivity index (χ4v) is 2.47. The lowest BCUT2D eigenvalue weighted by atomic mass is 9.78. The van der Waals surface area contributed by atoms with Gasteiger partial charge in [0.1, 0.15) is 0 Å². The molecule has 0 radical (unpaired) electrons. The second-order valence-corrected chi connectivity index (χ2v) is 4.73. The summed E-state index contributed by atoms with van der Waals surface area (Å²) in [5.74, 6) is 2.57. The zero-order chi connectivity index (χ0) is 10.8. The van der Waals surface area contributed by atoms with Crippen LogP contribution in [0.25, 0.3) is 0 Å². The molecule has 4 heteroatoms. The molecule has 1 aromatic rings. The standard InChI is InChI=1S/C11H19N3O/c1-7-4-3-5-9(6-7)10(12)11-13-8(2)15-14-11/h7,9-10H,3-6,12H2,1-2H3. The van der Waals surface area contributed by atoms with Crippen molar-refractivity contribution in [2.24, 2.45) is 17.6 Å². The van der Waals surface area contributed by atoms with Crippen LogP contribution in [-0.4, -0.2) is 10.1 Å². The third kappa shape index (κ3) is 2.37. The van der Waals surface area contributed by atoms with Crippen LogP contribution in [-0.2, 0) is 0 Å². The predicted molar refractivity (Wildman–Crippen MR) is 57.1 cm³/mol. The van der Waals surface area contributed by atoms with Crippen molar-refractivity contribution in [3.63, 3.8) is 0 Å². The van der Waals surface area contributed by atoms with Crippen molar-refractivity contribution in [3.05, 3.63) is 11.7 Å². The summed E-state index contributed by atoms with van der Waals surface area (Å²) in [6, 6.07) is -0.0507. The van der Waals surface area contributed by atoms with Crippen molar-refractivity contribution < 1.29 is 4.52 Å². The molecule has 84 valence electrons. The highest BCUT2D eigenvalue weighted by Gasteiger charge is 2.27. The molecule has 0 saturated heterocycles. The monoisotopic (exact) mass is 209 g/mol. The van der Waals surface area contributed by atoms with Crippen molar-refractivity contribution in [1.82, 2.24) is 10.1 Å². The Morgan fingerprint density at radius 1 is 1.47 bits per heavy atom. The van der Waals surface area contributed by atoms with Crippen LogP contribution in [0.5, 0.6) is 0 Å². The van der Waals surface area contributed by atoms with E-state index in [0.717, 1.165) is 5.92 Å². The first kappa shape index (κ1) is 10.6. The third-order valence-corrected chi connectivity index (χ3v) is 3.33. The number of rotatable bonds is 2. The van der Waals surface area contributed by atoms with Crippen LogP contribution in [0.2, 0.25) is 0 Å². The first-order chi connectivity index (χ1) is 7.16. The van der Waals surface area contributed by atoms with Crippen LogP contribution in [0.1, 0.15) is 50.4 Å². The highest BCUT2D eigenvalue weighted by molar-refractivity contribution is 4.95. The Kier molecular flexibility index (Phi) is 3.05. The van der Waals surface area contributed by atoms with Gasteiger partial charge in [-0.15, -0.1) is 0 Å². The average Bonchev–Trinajstić information content (AvgIpc) is 2.64. The fourth-order valence-electron chi connectivity index (χ4n) is 2.47. The molecule has 0 amide bonds. The van der Waals surface area contributed by atoms with E-state index in [2.05, 4.69) is 17.1 Å². The van der Waals surface area contributed by atoms with E-state index in [1.807, 2.05) is 0 Å². The maximum absolute atomic E-state index is 6.16. The molecular formula is C11H19N3O. The Bertz CT molecular complexity index is 323. The van der Waals surface area contributed by atoms with Crippen LogP contribution in [0.4, 0.5) is 0 Å². The molecule has 2 rings (SSSR count). The molecule has 15 heavy (non-hydrogen) atoms. The molecule has 1 fully saturated rings. The lowest BCUT2D eigenvalue weighted by Crippen LogP contribution is -2.27. The molecule has 1 heterocycles. The molecule has 1 aliphatic rings. The molecule has 1 saturated carbocycles. The van der Waals surface area contributed by atoms with E-state index in [0.29, 0.717) is 17.6 Å². The summed E-state index contributed by atoms with van der Waals surface area (Å²) in [6.07, 6.45) is 4.98. The van der Waals surface area contributed by atoms with Gasteiger partial charge in [0.25, 0.3) is 0 Å². The molecule has 4 nitrogen and oxygen atoms in total. The summed E-state index contributed by atoms with van der Waals surface area (Å²) in [5, 5.41) is 3.90. The number of nitrogens with zero attached hydrogens (tertiary/aromatic N) is 2. The van der Waals surface area contributed by atoms with Crippen molar-refractivity contribution >= 4 is 0 Å². The van der Waals surface area contributed by atoms with Crippen molar-refractivity contribution in [2.75, 3.05) is 0 Å². The molecule has 1 aliphatic carbocycles. The van der Waals surface area contributed by atoms with Gasteiger partial charge in [-0.2, -0.15) is 4.98 Å². The van der Waals surface area contributed by atoms with Gasteiger partial charge in [0.2, 0.25) is 5.89 Å². The third-order valence-electron chi connectivity index (χ3n) is 3.33. The van der Waals surface area contributed by atoms with Crippen LogP contribution in [0.3, 0.4) is 0 Å². The topological polar surface area (TPSA) is 64.9 Å². The molecule has 3 unspecified atom stereocenters. The summed E-state index contributed by atoms with van der Waals surface area (Å²) in [7, 11) is 0. The first-order valence-corrected chi connectivity index (χ1v) is 5.72. The van der Waals surface area contributed by atoms with Gasteiger partial charge in [0.15, 0.2) is 5.82 Å². The van der Waals surface area contributed by atoms with Gasteiger partial charge in [0, 0.05) is 6.92 Å².